The number of nitrogens with zero attached hydrogens (tertiary/aromatic N) is 2. The molecule has 1 aliphatic heterocycles. The average molecular weight is 341 g/mol. The monoisotopic (exact) mass is 341 g/mol. The Labute approximate surface area is 144 Å². The molecule has 1 aromatic carbocycles. The number of hydrogen-bond acceptors (Lipinski definition) is 4. The van der Waals surface area contributed by atoms with Crippen LogP contribution >= 0.6 is 11.3 Å². The molecule has 1 aliphatic carbocycles. The Balaban J connectivity index is 1.62. The van der Waals surface area contributed by atoms with Crippen molar-refractivity contribution in [1.29, 1.82) is 5.41 Å². The number of benzene rings is 1. The number of nitrogens with two attached hydrogens (primary N) is 1. The molecule has 0 spiro atoms. The molecule has 1 amide bonds. The number of nitrogens with one attached hydrogen (secondary N) is 2. The van der Waals surface area contributed by atoms with Gasteiger partial charge in [0.2, 0.25) is 5.91 Å². The fourth-order valence-electron chi connectivity index (χ4n) is 3.23. The molecule has 0 bridgehead atoms. The summed E-state index contributed by atoms with van der Waals surface area (Å²) in [5.74, 6) is 0.389. The summed E-state index contributed by atoms with van der Waals surface area (Å²) in [7, 11) is 0. The van der Waals surface area contributed by atoms with E-state index in [1.54, 1.807) is 0 Å². The highest BCUT2D eigenvalue weighted by atomic mass is 32.1. The topological polar surface area (TPSA) is 95.1 Å². The Morgan fingerprint density at radius 1 is 1.46 bits per heavy atom. The Morgan fingerprint density at radius 3 is 2.96 bits per heavy atom. The lowest BCUT2D eigenvalue weighted by atomic mass is 10.1. The molecule has 6 nitrogen and oxygen atoms in total. The molecule has 1 fully saturated rings. The standard InChI is InChI=1S/C17H19N5OS/c1-9-6-12-7-11(13-8-24-17(20-13)21-16(18)19)4-5-14(12)22(9)15(23)10-2-3-10/h4-5,7-10H,2-3,6H2,1H3,(H4,18,19,20,21). The van der Waals surface area contributed by atoms with Gasteiger partial charge in [0, 0.05) is 28.6 Å². The summed E-state index contributed by atoms with van der Waals surface area (Å²) in [5.41, 5.74) is 9.45. The third kappa shape index (κ3) is 2.65. The molecule has 124 valence electrons. The smallest absolute Gasteiger partial charge is 0.230 e. The van der Waals surface area contributed by atoms with Crippen molar-refractivity contribution >= 4 is 34.0 Å². The maximum absolute atomic E-state index is 12.5. The van der Waals surface area contributed by atoms with Crippen LogP contribution in [0.25, 0.3) is 11.3 Å². The number of guanidine groups is 1. The number of amides is 1. The second-order valence-electron chi connectivity index (χ2n) is 6.46. The summed E-state index contributed by atoms with van der Waals surface area (Å²) < 4.78 is 0. The van der Waals surface area contributed by atoms with Crippen LogP contribution < -0.4 is 16.0 Å². The van der Waals surface area contributed by atoms with Crippen molar-refractivity contribution in [2.75, 3.05) is 10.2 Å². The van der Waals surface area contributed by atoms with Crippen molar-refractivity contribution in [3.05, 3.63) is 29.1 Å². The van der Waals surface area contributed by atoms with Crippen molar-refractivity contribution in [3.8, 4) is 11.3 Å². The largest absolute Gasteiger partial charge is 0.370 e. The van der Waals surface area contributed by atoms with Crippen molar-refractivity contribution < 1.29 is 4.79 Å². The van der Waals surface area contributed by atoms with Crippen LogP contribution in [-0.2, 0) is 11.2 Å². The molecule has 4 rings (SSSR count). The normalized spacial score (nSPS) is 19.2. The number of anilines is 2. The second-order valence-corrected chi connectivity index (χ2v) is 7.31. The Hall–Kier alpha value is -2.41. The van der Waals surface area contributed by atoms with Crippen LogP contribution in [0, 0.1) is 11.3 Å². The minimum absolute atomic E-state index is 0.118. The lowest BCUT2D eigenvalue weighted by molar-refractivity contribution is -0.120. The van der Waals surface area contributed by atoms with Gasteiger partial charge in [-0.2, -0.15) is 0 Å². The number of thiazole rings is 1. The van der Waals surface area contributed by atoms with Crippen LogP contribution in [0.3, 0.4) is 0 Å². The van der Waals surface area contributed by atoms with Crippen molar-refractivity contribution in [1.82, 2.24) is 4.98 Å². The number of aromatic nitrogens is 1. The fraction of sp³-hybridized carbons (Fsp3) is 0.353. The van der Waals surface area contributed by atoms with Crippen LogP contribution in [0.2, 0.25) is 0 Å². The number of fused-ring (bicyclic) bond motifs is 1. The third-order valence-corrected chi connectivity index (χ3v) is 5.26. The summed E-state index contributed by atoms with van der Waals surface area (Å²) in [4.78, 5) is 19.0. The zero-order valence-corrected chi connectivity index (χ0v) is 14.2. The minimum Gasteiger partial charge on any atom is -0.370 e. The Bertz CT molecular complexity index is 826. The SMILES string of the molecule is CC1Cc2cc(-c3csc(NC(=N)N)n3)ccc2N1C(=O)C1CC1. The van der Waals surface area contributed by atoms with E-state index in [9.17, 15) is 4.79 Å². The van der Waals surface area contributed by atoms with Crippen LogP contribution in [-0.4, -0.2) is 22.9 Å². The van der Waals surface area contributed by atoms with E-state index in [1.807, 2.05) is 22.4 Å². The summed E-state index contributed by atoms with van der Waals surface area (Å²) in [5, 5.41) is 12.5. The van der Waals surface area contributed by atoms with Gasteiger partial charge in [-0.15, -0.1) is 11.3 Å². The molecule has 0 saturated heterocycles. The fourth-order valence-corrected chi connectivity index (χ4v) is 3.96. The molecular formula is C17H19N5OS. The molecule has 2 aromatic rings. The summed E-state index contributed by atoms with van der Waals surface area (Å²) in [6.07, 6.45) is 2.94. The zero-order chi connectivity index (χ0) is 16.8. The molecule has 2 aliphatic rings. The van der Waals surface area contributed by atoms with Crippen LogP contribution in [0.1, 0.15) is 25.3 Å². The summed E-state index contributed by atoms with van der Waals surface area (Å²) in [6, 6.07) is 6.38. The van der Waals surface area contributed by atoms with Gasteiger partial charge in [-0.3, -0.25) is 10.2 Å². The first-order chi connectivity index (χ1) is 11.5. The quantitative estimate of drug-likeness (QED) is 0.591. The number of carbonyl (C=O) groups excluding carboxylic acids is 1. The Morgan fingerprint density at radius 2 is 2.25 bits per heavy atom. The summed E-state index contributed by atoms with van der Waals surface area (Å²) in [6.45, 7) is 2.11. The van der Waals surface area contributed by atoms with Crippen molar-refractivity contribution in [2.24, 2.45) is 11.7 Å². The molecule has 7 heteroatoms. The summed E-state index contributed by atoms with van der Waals surface area (Å²) >= 11 is 1.42. The van der Waals surface area contributed by atoms with Crippen LogP contribution in [0.15, 0.2) is 23.6 Å². The first kappa shape index (κ1) is 15.1. The lowest BCUT2D eigenvalue weighted by Gasteiger charge is -2.22. The molecule has 1 atom stereocenters. The molecule has 4 N–H and O–H groups in total. The lowest BCUT2D eigenvalue weighted by Crippen LogP contribution is -2.36. The predicted octanol–water partition coefficient (Wildman–Crippen LogP) is 2.80. The van der Waals surface area contributed by atoms with Gasteiger partial charge < -0.3 is 16.0 Å². The van der Waals surface area contributed by atoms with E-state index >= 15 is 0 Å². The van der Waals surface area contributed by atoms with Gasteiger partial charge in [-0.1, -0.05) is 6.07 Å². The van der Waals surface area contributed by atoms with Crippen LogP contribution in [0.4, 0.5) is 10.8 Å². The van der Waals surface area contributed by atoms with E-state index in [1.165, 1.54) is 16.9 Å². The molecule has 0 radical (unpaired) electrons. The minimum atomic E-state index is -0.118. The molecule has 1 unspecified atom stereocenters. The second kappa shape index (κ2) is 5.59. The average Bonchev–Trinajstić information content (AvgIpc) is 3.19. The maximum Gasteiger partial charge on any atom is 0.230 e. The first-order valence-electron chi connectivity index (χ1n) is 8.06. The zero-order valence-electron chi connectivity index (χ0n) is 13.4. The van der Waals surface area contributed by atoms with Gasteiger partial charge in [0.05, 0.1) is 5.69 Å². The van der Waals surface area contributed by atoms with E-state index < -0.39 is 0 Å². The van der Waals surface area contributed by atoms with Crippen molar-refractivity contribution in [2.45, 2.75) is 32.2 Å². The van der Waals surface area contributed by atoms with E-state index in [2.05, 4.69) is 23.3 Å². The molecule has 24 heavy (non-hydrogen) atoms. The van der Waals surface area contributed by atoms with Gasteiger partial charge in [0.1, 0.15) is 0 Å². The molecule has 2 heterocycles. The third-order valence-electron chi connectivity index (χ3n) is 4.50. The van der Waals surface area contributed by atoms with Gasteiger partial charge in [-0.25, -0.2) is 4.98 Å². The van der Waals surface area contributed by atoms with E-state index in [0.717, 1.165) is 36.2 Å². The van der Waals surface area contributed by atoms with Gasteiger partial charge in [0.15, 0.2) is 11.1 Å². The molecule has 1 aromatic heterocycles. The molecule has 1 saturated carbocycles. The first-order valence-corrected chi connectivity index (χ1v) is 8.94. The number of carbonyl (C=O) groups is 1. The van der Waals surface area contributed by atoms with Gasteiger partial charge >= 0.3 is 0 Å². The van der Waals surface area contributed by atoms with Crippen LogP contribution in [0.5, 0.6) is 0 Å². The van der Waals surface area contributed by atoms with Crippen molar-refractivity contribution in [3.63, 3.8) is 0 Å². The molecular weight excluding hydrogens is 322 g/mol. The highest BCUT2D eigenvalue weighted by Gasteiger charge is 2.39. The predicted molar refractivity (Wildman–Crippen MR) is 96.5 cm³/mol. The van der Waals surface area contributed by atoms with Gasteiger partial charge in [0.25, 0.3) is 0 Å². The Kier molecular flexibility index (Phi) is 3.53. The highest BCUT2D eigenvalue weighted by Crippen LogP contribution is 2.40. The van der Waals surface area contributed by atoms with Gasteiger partial charge in [-0.05, 0) is 43.9 Å². The number of rotatable bonds is 3. The van der Waals surface area contributed by atoms with E-state index in [4.69, 9.17) is 11.1 Å². The maximum atomic E-state index is 12.5. The number of hydrogen-bond donors (Lipinski definition) is 3. The van der Waals surface area contributed by atoms with E-state index in [0.29, 0.717) is 5.13 Å². The van der Waals surface area contributed by atoms with E-state index in [-0.39, 0.29) is 23.8 Å². The highest BCUT2D eigenvalue weighted by molar-refractivity contribution is 7.14.